The van der Waals surface area contributed by atoms with E-state index in [-0.39, 0.29) is 11.2 Å². The van der Waals surface area contributed by atoms with Crippen LogP contribution in [0, 0.1) is 0 Å². The number of carbonyl (C=O) groups is 1. The Bertz CT molecular complexity index is 340. The van der Waals surface area contributed by atoms with E-state index in [4.69, 9.17) is 0 Å². The van der Waals surface area contributed by atoms with E-state index in [9.17, 15) is 4.79 Å². The molecule has 1 unspecified atom stereocenters. The largest absolute Gasteiger partial charge is 0.468 e. The molecule has 15 heavy (non-hydrogen) atoms. The summed E-state index contributed by atoms with van der Waals surface area (Å²) in [6.07, 6.45) is 0. The first-order valence-corrected chi connectivity index (χ1v) is 5.99. The molecule has 0 radical (unpaired) electrons. The molecule has 0 aliphatic heterocycles. The molecule has 7 heteroatoms. The van der Waals surface area contributed by atoms with Gasteiger partial charge < -0.3 is 9.64 Å². The number of anilines is 1. The van der Waals surface area contributed by atoms with Gasteiger partial charge in [0.25, 0.3) is 0 Å². The first-order chi connectivity index (χ1) is 7.04. The Morgan fingerprint density at radius 3 is 2.67 bits per heavy atom. The van der Waals surface area contributed by atoms with Crippen molar-refractivity contribution in [2.24, 2.45) is 0 Å². The summed E-state index contributed by atoms with van der Waals surface area (Å²) >= 11 is 2.81. The van der Waals surface area contributed by atoms with E-state index in [1.165, 1.54) is 30.2 Å². The van der Waals surface area contributed by atoms with Crippen molar-refractivity contribution in [2.45, 2.75) is 16.5 Å². The fraction of sp³-hybridized carbons (Fsp3) is 0.625. The van der Waals surface area contributed by atoms with Crippen LogP contribution in [0.2, 0.25) is 0 Å². The van der Waals surface area contributed by atoms with Gasteiger partial charge in [-0.1, -0.05) is 23.1 Å². The fourth-order valence-electron chi connectivity index (χ4n) is 0.796. The minimum absolute atomic E-state index is 0.249. The van der Waals surface area contributed by atoms with Crippen molar-refractivity contribution in [2.75, 3.05) is 26.1 Å². The van der Waals surface area contributed by atoms with Crippen LogP contribution in [0.25, 0.3) is 0 Å². The number of methoxy groups -OCH3 is 1. The highest BCUT2D eigenvalue weighted by Gasteiger charge is 2.17. The van der Waals surface area contributed by atoms with Crippen LogP contribution in [-0.4, -0.2) is 42.6 Å². The number of nitrogens with zero attached hydrogens (tertiary/aromatic N) is 3. The minimum atomic E-state index is -0.252. The van der Waals surface area contributed by atoms with E-state index < -0.39 is 0 Å². The van der Waals surface area contributed by atoms with E-state index >= 15 is 0 Å². The van der Waals surface area contributed by atoms with Crippen molar-refractivity contribution >= 4 is 34.2 Å². The Labute approximate surface area is 96.8 Å². The van der Waals surface area contributed by atoms with Crippen molar-refractivity contribution < 1.29 is 9.53 Å². The van der Waals surface area contributed by atoms with Crippen molar-refractivity contribution in [3.63, 3.8) is 0 Å². The number of hydrogen-bond donors (Lipinski definition) is 0. The van der Waals surface area contributed by atoms with Crippen LogP contribution >= 0.6 is 23.1 Å². The van der Waals surface area contributed by atoms with Gasteiger partial charge in [0, 0.05) is 14.1 Å². The fourth-order valence-corrected chi connectivity index (χ4v) is 2.73. The molecule has 1 rings (SSSR count). The Hall–Kier alpha value is -0.820. The van der Waals surface area contributed by atoms with Gasteiger partial charge in [-0.2, -0.15) is 0 Å². The zero-order valence-electron chi connectivity index (χ0n) is 9.05. The van der Waals surface area contributed by atoms with Crippen LogP contribution in [0.3, 0.4) is 0 Å². The second-order valence-electron chi connectivity index (χ2n) is 3.03. The highest BCUT2D eigenvalue weighted by molar-refractivity contribution is 8.02. The average molecular weight is 247 g/mol. The summed E-state index contributed by atoms with van der Waals surface area (Å²) in [5.41, 5.74) is 0. The van der Waals surface area contributed by atoms with E-state index in [0.717, 1.165) is 9.47 Å². The maximum atomic E-state index is 11.2. The number of ether oxygens (including phenoxy) is 1. The first-order valence-electron chi connectivity index (χ1n) is 4.30. The summed E-state index contributed by atoms with van der Waals surface area (Å²) in [5.74, 6) is -0.249. The molecule has 1 aromatic rings. The van der Waals surface area contributed by atoms with Crippen molar-refractivity contribution in [1.82, 2.24) is 10.2 Å². The summed E-state index contributed by atoms with van der Waals surface area (Å²) in [4.78, 5) is 13.0. The molecule has 84 valence electrons. The number of aromatic nitrogens is 2. The van der Waals surface area contributed by atoms with Gasteiger partial charge in [0.15, 0.2) is 4.34 Å². The molecule has 0 amide bonds. The lowest BCUT2D eigenvalue weighted by atomic mass is 10.5. The Balaban J connectivity index is 2.61. The second kappa shape index (κ2) is 5.32. The Morgan fingerprint density at radius 2 is 2.20 bits per heavy atom. The summed E-state index contributed by atoms with van der Waals surface area (Å²) in [5, 5.41) is 8.53. The molecule has 1 atom stereocenters. The van der Waals surface area contributed by atoms with Crippen molar-refractivity contribution in [3.05, 3.63) is 0 Å². The standard InChI is InChI=1S/C8H13N3O2S2/c1-5(6(12)13-4)14-8-10-9-7(15-8)11(2)3/h5H,1-4H3. The average Bonchev–Trinajstić information content (AvgIpc) is 2.65. The number of thioether (sulfide) groups is 1. The van der Waals surface area contributed by atoms with E-state index in [1.807, 2.05) is 19.0 Å². The summed E-state index contributed by atoms with van der Waals surface area (Å²) in [6, 6.07) is 0. The van der Waals surface area contributed by atoms with Gasteiger partial charge in [-0.25, -0.2) is 0 Å². The second-order valence-corrected chi connectivity index (χ2v) is 5.57. The van der Waals surface area contributed by atoms with Gasteiger partial charge in [-0.3, -0.25) is 4.79 Å². The molecular formula is C8H13N3O2S2. The summed E-state index contributed by atoms with van der Waals surface area (Å²) in [7, 11) is 5.18. The smallest absolute Gasteiger partial charge is 0.318 e. The molecule has 0 bridgehead atoms. The zero-order chi connectivity index (χ0) is 11.4. The normalized spacial score (nSPS) is 12.3. The van der Waals surface area contributed by atoms with Crippen LogP contribution in [0.15, 0.2) is 4.34 Å². The molecule has 0 N–H and O–H groups in total. The lowest BCUT2D eigenvalue weighted by Crippen LogP contribution is -2.14. The molecule has 1 aromatic heterocycles. The highest BCUT2D eigenvalue weighted by atomic mass is 32.2. The third kappa shape index (κ3) is 3.35. The van der Waals surface area contributed by atoms with Gasteiger partial charge >= 0.3 is 5.97 Å². The third-order valence-electron chi connectivity index (χ3n) is 1.59. The van der Waals surface area contributed by atoms with Crippen LogP contribution in [0.4, 0.5) is 5.13 Å². The first kappa shape index (κ1) is 12.3. The quantitative estimate of drug-likeness (QED) is 0.590. The Kier molecular flexibility index (Phi) is 4.34. The van der Waals surface area contributed by atoms with Crippen molar-refractivity contribution in [3.8, 4) is 0 Å². The van der Waals surface area contributed by atoms with Gasteiger partial charge in [0.05, 0.1) is 7.11 Å². The molecule has 5 nitrogen and oxygen atoms in total. The van der Waals surface area contributed by atoms with E-state index in [1.54, 1.807) is 6.92 Å². The number of hydrogen-bond acceptors (Lipinski definition) is 7. The van der Waals surface area contributed by atoms with Crippen LogP contribution < -0.4 is 4.90 Å². The monoisotopic (exact) mass is 247 g/mol. The predicted octanol–water partition coefficient (Wildman–Crippen LogP) is 1.26. The lowest BCUT2D eigenvalue weighted by molar-refractivity contribution is -0.139. The zero-order valence-corrected chi connectivity index (χ0v) is 10.7. The van der Waals surface area contributed by atoms with Crippen LogP contribution in [0.5, 0.6) is 0 Å². The number of esters is 1. The molecular weight excluding hydrogens is 234 g/mol. The van der Waals surface area contributed by atoms with Gasteiger partial charge in [0.2, 0.25) is 5.13 Å². The summed E-state index contributed by atoms with van der Waals surface area (Å²) < 4.78 is 5.40. The topological polar surface area (TPSA) is 55.3 Å². The molecule has 0 spiro atoms. The number of carbonyl (C=O) groups excluding carboxylic acids is 1. The van der Waals surface area contributed by atoms with Crippen LogP contribution in [-0.2, 0) is 9.53 Å². The van der Waals surface area contributed by atoms with Gasteiger partial charge in [0.1, 0.15) is 5.25 Å². The number of rotatable bonds is 4. The maximum Gasteiger partial charge on any atom is 0.318 e. The van der Waals surface area contributed by atoms with Gasteiger partial charge in [-0.15, -0.1) is 10.2 Å². The van der Waals surface area contributed by atoms with Crippen molar-refractivity contribution in [1.29, 1.82) is 0 Å². The highest BCUT2D eigenvalue weighted by Crippen LogP contribution is 2.30. The third-order valence-corrected chi connectivity index (χ3v) is 3.84. The summed E-state index contributed by atoms with van der Waals surface area (Å²) in [6.45, 7) is 1.78. The molecule has 0 saturated carbocycles. The van der Waals surface area contributed by atoms with Crippen LogP contribution in [0.1, 0.15) is 6.92 Å². The van der Waals surface area contributed by atoms with E-state index in [0.29, 0.717) is 0 Å². The molecule has 0 aliphatic rings. The molecule has 0 fully saturated rings. The molecule has 0 aliphatic carbocycles. The van der Waals surface area contributed by atoms with E-state index in [2.05, 4.69) is 14.9 Å². The maximum absolute atomic E-state index is 11.2. The lowest BCUT2D eigenvalue weighted by Gasteiger charge is -2.05. The molecule has 0 aromatic carbocycles. The minimum Gasteiger partial charge on any atom is -0.468 e. The van der Waals surface area contributed by atoms with Gasteiger partial charge in [-0.05, 0) is 6.92 Å². The molecule has 1 heterocycles. The molecule has 0 saturated heterocycles. The predicted molar refractivity (Wildman–Crippen MR) is 61.6 cm³/mol. The Morgan fingerprint density at radius 1 is 1.53 bits per heavy atom. The SMILES string of the molecule is COC(=O)C(C)Sc1nnc(N(C)C)s1.